The Morgan fingerprint density at radius 2 is 1.49 bits per heavy atom. The molecule has 4 aromatic rings. The minimum atomic E-state index is -2.10. The molecule has 0 amide bonds. The maximum atomic E-state index is 12.4. The van der Waals surface area contributed by atoms with Gasteiger partial charge in [-0.1, -0.05) is 90.9 Å². The second-order valence-corrected chi connectivity index (χ2v) is 27.9. The molecule has 1 atom stereocenters. The fourth-order valence-electron chi connectivity index (χ4n) is 5.31. The molecule has 0 spiro atoms. The van der Waals surface area contributed by atoms with Crippen molar-refractivity contribution in [3.8, 4) is 11.5 Å². The van der Waals surface area contributed by atoms with Crippen LogP contribution in [0.25, 0.3) is 11.5 Å². The van der Waals surface area contributed by atoms with E-state index in [2.05, 4.69) is 114 Å². The summed E-state index contributed by atoms with van der Waals surface area (Å²) < 4.78 is 24.9. The van der Waals surface area contributed by atoms with Gasteiger partial charge in [0.1, 0.15) is 17.0 Å². The van der Waals surface area contributed by atoms with Crippen molar-refractivity contribution in [1.29, 1.82) is 0 Å². The average molecular weight is 759 g/mol. The van der Waals surface area contributed by atoms with E-state index < -0.39 is 27.7 Å². The Labute approximate surface area is 317 Å². The van der Waals surface area contributed by atoms with Gasteiger partial charge in [0.15, 0.2) is 22.5 Å². The summed E-state index contributed by atoms with van der Waals surface area (Å²) in [5.74, 6) is 1.35. The van der Waals surface area contributed by atoms with Gasteiger partial charge in [-0.2, -0.15) is 9.97 Å². The molecule has 2 aromatic carbocycles. The SMILES string of the molecule is CC(C)(CO[Si](C)(C)C(C)(C)C)c1noc(-c2cnc(Nc3ccc4c(c3)C(C)(C)OC4=O)nc2N[C@H](CO[Si](C)(C)C(C)(C)C)c2ccccc2)n1. The summed E-state index contributed by atoms with van der Waals surface area (Å²) in [6, 6.07) is 15.4. The number of rotatable bonds is 13. The summed E-state index contributed by atoms with van der Waals surface area (Å²) in [7, 11) is -4.11. The molecule has 3 heterocycles. The number of ether oxygens (including phenoxy) is 1. The van der Waals surface area contributed by atoms with Gasteiger partial charge in [-0.3, -0.25) is 0 Å². The number of carbonyl (C=O) groups excluding carboxylic acids is 1. The summed E-state index contributed by atoms with van der Waals surface area (Å²) in [6.07, 6.45) is 1.69. The molecule has 53 heavy (non-hydrogen) atoms. The standard InChI is InChI=1S/C40H58N6O5Si2/c1-37(2,3)52(11,12)48-24-31(26-18-16-15-17-19-26)43-32-29(33-45-35(46-51-33)39(7,8)25-49-53(13,14)38(4,5)6)23-41-36(44-32)42-27-20-21-28-30(22-27)40(9,10)50-34(28)47/h15-23,31H,24-25H2,1-14H3,(H2,41,42,43,44)/t31-/m1/s1. The average Bonchev–Trinajstić information content (AvgIpc) is 3.64. The molecule has 0 fully saturated rings. The molecule has 0 unspecified atom stereocenters. The summed E-state index contributed by atoms with van der Waals surface area (Å²) >= 11 is 0. The first-order valence-corrected chi connectivity index (χ1v) is 24.2. The zero-order chi connectivity index (χ0) is 39.2. The van der Waals surface area contributed by atoms with Crippen LogP contribution in [0.15, 0.2) is 59.3 Å². The Hall–Kier alpha value is -3.92. The van der Waals surface area contributed by atoms with Gasteiger partial charge in [0.25, 0.3) is 5.89 Å². The Morgan fingerprint density at radius 3 is 2.13 bits per heavy atom. The first-order chi connectivity index (χ1) is 24.4. The zero-order valence-electron chi connectivity index (χ0n) is 34.0. The molecule has 0 aliphatic carbocycles. The van der Waals surface area contributed by atoms with Crippen molar-refractivity contribution in [2.45, 2.75) is 123 Å². The molecule has 0 radical (unpaired) electrons. The van der Waals surface area contributed by atoms with Crippen LogP contribution >= 0.6 is 0 Å². The lowest BCUT2D eigenvalue weighted by atomic mass is 9.94. The third-order valence-electron chi connectivity index (χ3n) is 11.1. The van der Waals surface area contributed by atoms with Gasteiger partial charge in [-0.05, 0) is 73.9 Å². The smallest absolute Gasteiger partial charge is 0.339 e. The highest BCUT2D eigenvalue weighted by molar-refractivity contribution is 6.74. The lowest BCUT2D eigenvalue weighted by molar-refractivity contribution is 0.00954. The van der Waals surface area contributed by atoms with Gasteiger partial charge in [0, 0.05) is 24.1 Å². The summed E-state index contributed by atoms with van der Waals surface area (Å²) in [5, 5.41) is 11.6. The van der Waals surface area contributed by atoms with E-state index in [9.17, 15) is 4.79 Å². The number of carbonyl (C=O) groups is 1. The minimum Gasteiger partial charge on any atom is -0.451 e. The predicted molar refractivity (Wildman–Crippen MR) is 216 cm³/mol. The highest BCUT2D eigenvalue weighted by Gasteiger charge is 2.41. The van der Waals surface area contributed by atoms with Crippen LogP contribution in [-0.4, -0.2) is 55.9 Å². The number of cyclic esters (lactones) is 1. The number of hydrogen-bond donors (Lipinski definition) is 2. The second kappa shape index (κ2) is 14.4. The van der Waals surface area contributed by atoms with E-state index in [1.165, 1.54) is 0 Å². The Bertz CT molecular complexity index is 1930. The number of aromatic nitrogens is 4. The van der Waals surface area contributed by atoms with Crippen LogP contribution in [-0.2, 0) is 24.6 Å². The third-order valence-corrected chi connectivity index (χ3v) is 20.1. The molecule has 1 aliphatic heterocycles. The molecule has 286 valence electrons. The van der Waals surface area contributed by atoms with E-state index in [0.717, 1.165) is 16.8 Å². The van der Waals surface area contributed by atoms with Crippen molar-refractivity contribution < 1.29 is 22.9 Å². The van der Waals surface area contributed by atoms with Crippen LogP contribution in [0.5, 0.6) is 0 Å². The van der Waals surface area contributed by atoms with Gasteiger partial charge in [0.2, 0.25) is 5.95 Å². The van der Waals surface area contributed by atoms with Crippen LogP contribution in [0.2, 0.25) is 36.3 Å². The molecule has 5 rings (SSSR count). The highest BCUT2D eigenvalue weighted by Crippen LogP contribution is 2.41. The van der Waals surface area contributed by atoms with Crippen molar-refractivity contribution in [3.05, 3.63) is 77.2 Å². The molecular weight excluding hydrogens is 701 g/mol. The molecule has 0 saturated heterocycles. The number of nitrogens with one attached hydrogen (secondary N) is 2. The number of nitrogens with zero attached hydrogens (tertiary/aromatic N) is 4. The lowest BCUT2D eigenvalue weighted by Crippen LogP contribution is -2.44. The van der Waals surface area contributed by atoms with Gasteiger partial charge in [-0.15, -0.1) is 0 Å². The first kappa shape index (κ1) is 40.3. The fraction of sp³-hybridized carbons (Fsp3) is 0.525. The molecule has 2 aromatic heterocycles. The summed E-state index contributed by atoms with van der Waals surface area (Å²) in [4.78, 5) is 27.0. The maximum Gasteiger partial charge on any atom is 0.339 e. The van der Waals surface area contributed by atoms with Gasteiger partial charge in [-0.25, -0.2) is 9.78 Å². The molecule has 1 aliphatic rings. The molecule has 13 heteroatoms. The van der Waals surface area contributed by atoms with Crippen molar-refractivity contribution in [2.75, 3.05) is 23.8 Å². The van der Waals surface area contributed by atoms with Crippen molar-refractivity contribution in [1.82, 2.24) is 20.1 Å². The summed E-state index contributed by atoms with van der Waals surface area (Å²) in [6.45, 7) is 31.1. The van der Waals surface area contributed by atoms with E-state index >= 15 is 0 Å². The van der Waals surface area contributed by atoms with Crippen molar-refractivity contribution in [3.63, 3.8) is 0 Å². The molecule has 11 nitrogen and oxygen atoms in total. The van der Waals surface area contributed by atoms with E-state index in [1.54, 1.807) is 12.3 Å². The normalized spacial score (nSPS) is 15.5. The quantitative estimate of drug-likeness (QED) is 0.0997. The van der Waals surface area contributed by atoms with Crippen LogP contribution in [0.3, 0.4) is 0 Å². The Kier molecular flexibility index (Phi) is 10.9. The van der Waals surface area contributed by atoms with Gasteiger partial charge < -0.3 is 28.7 Å². The maximum absolute atomic E-state index is 12.4. The highest BCUT2D eigenvalue weighted by atomic mass is 28.4. The fourth-order valence-corrected chi connectivity index (χ4v) is 7.48. The number of hydrogen-bond acceptors (Lipinski definition) is 11. The number of anilines is 3. The lowest BCUT2D eigenvalue weighted by Gasteiger charge is -2.38. The van der Waals surface area contributed by atoms with Gasteiger partial charge >= 0.3 is 5.97 Å². The predicted octanol–water partition coefficient (Wildman–Crippen LogP) is 10.2. The van der Waals surface area contributed by atoms with Crippen molar-refractivity contribution >= 4 is 40.1 Å². The summed E-state index contributed by atoms with van der Waals surface area (Å²) in [5.41, 5.74) is 2.42. The van der Waals surface area contributed by atoms with Crippen molar-refractivity contribution in [2.24, 2.45) is 0 Å². The van der Waals surface area contributed by atoms with E-state index in [-0.39, 0.29) is 22.1 Å². The van der Waals surface area contributed by atoms with E-state index in [4.69, 9.17) is 28.1 Å². The Morgan fingerprint density at radius 1 is 0.849 bits per heavy atom. The number of benzene rings is 2. The van der Waals surface area contributed by atoms with Crippen LogP contribution < -0.4 is 10.6 Å². The largest absolute Gasteiger partial charge is 0.451 e. The molecule has 0 bridgehead atoms. The third kappa shape index (κ3) is 8.91. The van der Waals surface area contributed by atoms with Gasteiger partial charge in [0.05, 0.1) is 23.6 Å². The second-order valence-electron chi connectivity index (χ2n) is 18.3. The number of fused-ring (bicyclic) bond motifs is 1. The van der Waals surface area contributed by atoms with E-state index in [0.29, 0.717) is 47.8 Å². The molecule has 2 N–H and O–H groups in total. The molecule has 0 saturated carbocycles. The van der Waals surface area contributed by atoms with Crippen LogP contribution in [0, 0.1) is 0 Å². The Balaban J connectivity index is 1.52. The van der Waals surface area contributed by atoms with Crippen LogP contribution in [0.4, 0.5) is 17.5 Å². The van der Waals surface area contributed by atoms with E-state index in [1.807, 2.05) is 44.2 Å². The first-order valence-electron chi connectivity index (χ1n) is 18.4. The number of esters is 1. The minimum absolute atomic E-state index is 0.0345. The monoisotopic (exact) mass is 758 g/mol. The topological polar surface area (TPSA) is 134 Å². The van der Waals surface area contributed by atoms with Crippen LogP contribution in [0.1, 0.15) is 103 Å². The zero-order valence-corrected chi connectivity index (χ0v) is 36.0. The molecular formula is C40H58N6O5Si2.